The molecule has 0 amide bonds. The van der Waals surface area contributed by atoms with Crippen LogP contribution >= 0.6 is 0 Å². The molecule has 2 saturated carbocycles. The molecule has 0 saturated heterocycles. The molecule has 110 valence electrons. The molecule has 1 aromatic carbocycles. The van der Waals surface area contributed by atoms with Gasteiger partial charge in [0.15, 0.2) is 0 Å². The smallest absolute Gasteiger partial charge is 0.0720 e. The molecule has 0 unspecified atom stereocenters. The third-order valence-corrected chi connectivity index (χ3v) is 4.61. The van der Waals surface area contributed by atoms with Crippen LogP contribution in [-0.2, 0) is 17.9 Å². The Bertz CT molecular complexity index is 408. The van der Waals surface area contributed by atoms with E-state index < -0.39 is 0 Å². The van der Waals surface area contributed by atoms with Crippen molar-refractivity contribution in [1.29, 1.82) is 0 Å². The lowest BCUT2D eigenvalue weighted by molar-refractivity contribution is 0.0735. The fourth-order valence-corrected chi connectivity index (χ4v) is 3.10. The summed E-state index contributed by atoms with van der Waals surface area (Å²) in [6.45, 7) is 2.72. The fraction of sp³-hybridized carbons (Fsp3) is 0.667. The first-order chi connectivity index (χ1) is 9.92. The molecule has 0 heterocycles. The molecule has 3 rings (SSSR count). The molecular weight excluding hydrogens is 246 g/mol. The number of ether oxygens (including phenoxy) is 1. The molecule has 2 fully saturated rings. The predicted molar refractivity (Wildman–Crippen MR) is 82.5 cm³/mol. The first kappa shape index (κ1) is 14.1. The molecule has 2 heteroatoms. The number of hydrogen-bond acceptors (Lipinski definition) is 2. The van der Waals surface area contributed by atoms with Crippen molar-refractivity contribution in [3.8, 4) is 0 Å². The van der Waals surface area contributed by atoms with Gasteiger partial charge in [0.2, 0.25) is 0 Å². The van der Waals surface area contributed by atoms with Crippen molar-refractivity contribution in [3.05, 3.63) is 35.4 Å². The zero-order chi connectivity index (χ0) is 13.6. The van der Waals surface area contributed by atoms with E-state index in [-0.39, 0.29) is 0 Å². The van der Waals surface area contributed by atoms with Crippen LogP contribution in [0.5, 0.6) is 0 Å². The minimum Gasteiger partial charge on any atom is -0.376 e. The molecule has 20 heavy (non-hydrogen) atoms. The monoisotopic (exact) mass is 273 g/mol. The summed E-state index contributed by atoms with van der Waals surface area (Å²) < 4.78 is 5.99. The van der Waals surface area contributed by atoms with Gasteiger partial charge >= 0.3 is 0 Å². The highest BCUT2D eigenvalue weighted by atomic mass is 16.5. The van der Waals surface area contributed by atoms with E-state index in [0.717, 1.165) is 31.7 Å². The van der Waals surface area contributed by atoms with E-state index in [9.17, 15) is 0 Å². The SMILES string of the molecule is c1ccc(COCC2CCCCC2)c(CNC2CC2)c1. The maximum atomic E-state index is 5.99. The number of benzene rings is 1. The normalized spacial score (nSPS) is 20.2. The van der Waals surface area contributed by atoms with Crippen molar-refractivity contribution in [3.63, 3.8) is 0 Å². The van der Waals surface area contributed by atoms with Gasteiger partial charge in [-0.05, 0) is 42.7 Å². The molecule has 0 bridgehead atoms. The van der Waals surface area contributed by atoms with E-state index >= 15 is 0 Å². The molecule has 2 aliphatic carbocycles. The van der Waals surface area contributed by atoms with Gasteiger partial charge in [-0.25, -0.2) is 0 Å². The van der Waals surface area contributed by atoms with Crippen LogP contribution in [0.1, 0.15) is 56.1 Å². The molecule has 0 aromatic heterocycles. The van der Waals surface area contributed by atoms with E-state index in [1.165, 1.54) is 56.1 Å². The Balaban J connectivity index is 1.45. The van der Waals surface area contributed by atoms with Gasteiger partial charge in [0.25, 0.3) is 0 Å². The Morgan fingerprint density at radius 3 is 2.45 bits per heavy atom. The van der Waals surface area contributed by atoms with Crippen molar-refractivity contribution in [2.24, 2.45) is 5.92 Å². The maximum Gasteiger partial charge on any atom is 0.0720 e. The lowest BCUT2D eigenvalue weighted by Crippen LogP contribution is -2.17. The van der Waals surface area contributed by atoms with Crippen LogP contribution in [0.4, 0.5) is 0 Å². The highest BCUT2D eigenvalue weighted by Gasteiger charge is 2.20. The Morgan fingerprint density at radius 2 is 1.70 bits per heavy atom. The van der Waals surface area contributed by atoms with Gasteiger partial charge in [-0.3, -0.25) is 0 Å². The maximum absolute atomic E-state index is 5.99. The second kappa shape index (κ2) is 7.24. The lowest BCUT2D eigenvalue weighted by Gasteiger charge is -2.21. The van der Waals surface area contributed by atoms with Crippen LogP contribution in [-0.4, -0.2) is 12.6 Å². The van der Waals surface area contributed by atoms with Crippen molar-refractivity contribution >= 4 is 0 Å². The van der Waals surface area contributed by atoms with Gasteiger partial charge in [-0.2, -0.15) is 0 Å². The highest BCUT2D eigenvalue weighted by Crippen LogP contribution is 2.24. The minimum atomic E-state index is 0.770. The Kier molecular flexibility index (Phi) is 5.10. The van der Waals surface area contributed by atoms with Crippen LogP contribution in [0.2, 0.25) is 0 Å². The highest BCUT2D eigenvalue weighted by molar-refractivity contribution is 5.26. The van der Waals surface area contributed by atoms with Crippen molar-refractivity contribution in [2.45, 2.75) is 64.1 Å². The molecule has 2 aliphatic rings. The van der Waals surface area contributed by atoms with E-state index in [4.69, 9.17) is 4.74 Å². The summed E-state index contributed by atoms with van der Waals surface area (Å²) in [5.74, 6) is 0.806. The standard InChI is InChI=1S/C18H27NO/c1-2-6-15(7-3-1)13-20-14-17-9-5-4-8-16(17)12-19-18-10-11-18/h4-5,8-9,15,18-19H,1-3,6-7,10-14H2. The third-order valence-electron chi connectivity index (χ3n) is 4.61. The predicted octanol–water partition coefficient (Wildman–Crippen LogP) is 4.04. The van der Waals surface area contributed by atoms with Crippen molar-refractivity contribution in [2.75, 3.05) is 6.61 Å². The van der Waals surface area contributed by atoms with E-state index in [1.807, 2.05) is 0 Å². The van der Waals surface area contributed by atoms with E-state index in [1.54, 1.807) is 0 Å². The van der Waals surface area contributed by atoms with Gasteiger partial charge in [0, 0.05) is 19.2 Å². The molecule has 2 nitrogen and oxygen atoms in total. The van der Waals surface area contributed by atoms with Gasteiger partial charge < -0.3 is 10.1 Å². The van der Waals surface area contributed by atoms with Gasteiger partial charge in [0.1, 0.15) is 0 Å². The topological polar surface area (TPSA) is 21.3 Å². The van der Waals surface area contributed by atoms with E-state index in [2.05, 4.69) is 29.6 Å². The van der Waals surface area contributed by atoms with Crippen LogP contribution < -0.4 is 5.32 Å². The summed E-state index contributed by atoms with van der Waals surface area (Å²) in [5, 5.41) is 3.60. The number of rotatable bonds is 7. The summed E-state index contributed by atoms with van der Waals surface area (Å²) in [6.07, 6.45) is 9.65. The molecular formula is C18H27NO. The number of hydrogen-bond donors (Lipinski definition) is 1. The third kappa shape index (κ3) is 4.32. The fourth-order valence-electron chi connectivity index (χ4n) is 3.10. The van der Waals surface area contributed by atoms with Crippen molar-refractivity contribution in [1.82, 2.24) is 5.32 Å². The second-order valence-electron chi connectivity index (χ2n) is 6.44. The van der Waals surface area contributed by atoms with Crippen LogP contribution in [0, 0.1) is 5.92 Å². The minimum absolute atomic E-state index is 0.770. The second-order valence-corrected chi connectivity index (χ2v) is 6.44. The molecule has 0 spiro atoms. The average molecular weight is 273 g/mol. The first-order valence-electron chi connectivity index (χ1n) is 8.30. The van der Waals surface area contributed by atoms with Gasteiger partial charge in [-0.1, -0.05) is 43.5 Å². The van der Waals surface area contributed by atoms with Crippen molar-refractivity contribution < 1.29 is 4.74 Å². The Labute approximate surface area is 122 Å². The zero-order valence-electron chi connectivity index (χ0n) is 12.4. The Hall–Kier alpha value is -0.860. The summed E-state index contributed by atoms with van der Waals surface area (Å²) in [5.41, 5.74) is 2.76. The number of nitrogens with one attached hydrogen (secondary N) is 1. The zero-order valence-corrected chi connectivity index (χ0v) is 12.4. The molecule has 0 atom stereocenters. The van der Waals surface area contributed by atoms with Crippen LogP contribution in [0.3, 0.4) is 0 Å². The largest absolute Gasteiger partial charge is 0.376 e. The molecule has 0 aliphatic heterocycles. The summed E-state index contributed by atoms with van der Waals surface area (Å²) >= 11 is 0. The summed E-state index contributed by atoms with van der Waals surface area (Å²) in [6, 6.07) is 9.47. The molecule has 1 N–H and O–H groups in total. The van der Waals surface area contributed by atoms with Gasteiger partial charge in [0.05, 0.1) is 6.61 Å². The summed E-state index contributed by atoms with van der Waals surface area (Å²) in [7, 11) is 0. The van der Waals surface area contributed by atoms with Crippen LogP contribution in [0.25, 0.3) is 0 Å². The van der Waals surface area contributed by atoms with E-state index in [0.29, 0.717) is 0 Å². The lowest BCUT2D eigenvalue weighted by atomic mass is 9.90. The average Bonchev–Trinajstić information content (AvgIpc) is 3.32. The quantitative estimate of drug-likeness (QED) is 0.809. The van der Waals surface area contributed by atoms with Crippen LogP contribution in [0.15, 0.2) is 24.3 Å². The molecule has 0 radical (unpaired) electrons. The van der Waals surface area contributed by atoms with Gasteiger partial charge in [-0.15, -0.1) is 0 Å². The first-order valence-corrected chi connectivity index (χ1v) is 8.30. The molecule has 1 aromatic rings. The Morgan fingerprint density at radius 1 is 0.950 bits per heavy atom. The summed E-state index contributed by atoms with van der Waals surface area (Å²) in [4.78, 5) is 0.